The Morgan fingerprint density at radius 1 is 1.24 bits per heavy atom. The highest BCUT2D eigenvalue weighted by molar-refractivity contribution is 5.90. The van der Waals surface area contributed by atoms with Crippen molar-refractivity contribution >= 4 is 28.4 Å². The van der Waals surface area contributed by atoms with E-state index in [1.54, 1.807) is 12.1 Å². The molecule has 1 aliphatic heterocycles. The van der Waals surface area contributed by atoms with Crippen LogP contribution in [0.15, 0.2) is 41.7 Å². The van der Waals surface area contributed by atoms with Crippen molar-refractivity contribution in [1.82, 2.24) is 9.97 Å². The van der Waals surface area contributed by atoms with Gasteiger partial charge in [0, 0.05) is 41.5 Å². The molecule has 7 nitrogen and oxygen atoms in total. The Morgan fingerprint density at radius 3 is 2.70 bits per heavy atom. The number of rotatable bonds is 3. The van der Waals surface area contributed by atoms with E-state index in [1.807, 2.05) is 6.07 Å². The maximum atomic E-state index is 14.7. The second-order valence-electron chi connectivity index (χ2n) is 7.59. The monoisotopic (exact) mass is 462 g/mol. The Balaban J connectivity index is 1.77. The van der Waals surface area contributed by atoms with Gasteiger partial charge in [0.25, 0.3) is 6.02 Å². The quantitative estimate of drug-likeness (QED) is 0.559. The first kappa shape index (κ1) is 22.2. The molecule has 0 amide bonds. The van der Waals surface area contributed by atoms with Gasteiger partial charge in [0.2, 0.25) is 0 Å². The highest BCUT2D eigenvalue weighted by Gasteiger charge is 2.50. The highest BCUT2D eigenvalue weighted by atomic mass is 19.4. The van der Waals surface area contributed by atoms with Crippen LogP contribution in [0.5, 0.6) is 0 Å². The molecule has 1 aliphatic rings. The molecule has 2 aromatic heterocycles. The molecule has 3 aromatic rings. The average Bonchev–Trinajstić information content (AvgIpc) is 2.74. The topological polar surface area (TPSA) is 109 Å². The third-order valence-corrected chi connectivity index (χ3v) is 5.17. The number of aliphatic imine (C=N–C) groups is 1. The van der Waals surface area contributed by atoms with Crippen LogP contribution in [0.25, 0.3) is 10.9 Å². The molecule has 12 heteroatoms. The van der Waals surface area contributed by atoms with Gasteiger partial charge in [-0.1, -0.05) is 0 Å². The molecule has 2 unspecified atom stereocenters. The van der Waals surface area contributed by atoms with Gasteiger partial charge in [0.05, 0.1) is 11.1 Å². The van der Waals surface area contributed by atoms with Crippen molar-refractivity contribution in [3.05, 3.63) is 59.4 Å². The SMILES string of the molecule is CC1(c2cc(Nc3nccc4cc(C#N)cnc34)cc(F)c2F)CC(C(F)(F)F)OC(N)=N1. The van der Waals surface area contributed by atoms with Crippen molar-refractivity contribution in [2.45, 2.75) is 31.2 Å². The smallest absolute Gasteiger partial charge is 0.425 e. The molecule has 170 valence electrons. The van der Waals surface area contributed by atoms with Crippen molar-refractivity contribution in [2.24, 2.45) is 10.7 Å². The maximum Gasteiger partial charge on any atom is 0.425 e. The minimum atomic E-state index is -4.78. The second-order valence-corrected chi connectivity index (χ2v) is 7.59. The Labute approximate surface area is 183 Å². The normalized spacial score (nSPS) is 20.6. The van der Waals surface area contributed by atoms with E-state index in [-0.39, 0.29) is 11.5 Å². The largest absolute Gasteiger partial charge is 0.452 e. The molecule has 2 atom stereocenters. The summed E-state index contributed by atoms with van der Waals surface area (Å²) < 4.78 is 73.6. The summed E-state index contributed by atoms with van der Waals surface area (Å²) in [4.78, 5) is 12.1. The zero-order valence-corrected chi connectivity index (χ0v) is 16.9. The Bertz CT molecular complexity index is 1320. The van der Waals surface area contributed by atoms with Gasteiger partial charge in [-0.3, -0.25) is 4.98 Å². The molecule has 0 bridgehead atoms. The number of amidine groups is 1. The zero-order chi connectivity index (χ0) is 24.0. The zero-order valence-electron chi connectivity index (χ0n) is 16.9. The number of benzene rings is 1. The van der Waals surface area contributed by atoms with Crippen molar-refractivity contribution in [2.75, 3.05) is 5.32 Å². The maximum absolute atomic E-state index is 14.7. The summed E-state index contributed by atoms with van der Waals surface area (Å²) in [6, 6.07) is 6.34. The minimum Gasteiger partial charge on any atom is -0.452 e. The van der Waals surface area contributed by atoms with Crippen molar-refractivity contribution in [3.8, 4) is 6.07 Å². The number of pyridine rings is 2. The Hall–Kier alpha value is -4.01. The van der Waals surface area contributed by atoms with Gasteiger partial charge in [-0.15, -0.1) is 0 Å². The van der Waals surface area contributed by atoms with Crippen LogP contribution in [0, 0.1) is 23.0 Å². The van der Waals surface area contributed by atoms with E-state index in [4.69, 9.17) is 11.0 Å². The fraction of sp³-hybridized carbons (Fsp3) is 0.238. The minimum absolute atomic E-state index is 0.0000988. The number of hydrogen-bond acceptors (Lipinski definition) is 7. The predicted molar refractivity (Wildman–Crippen MR) is 108 cm³/mol. The Morgan fingerprint density at radius 2 is 2.00 bits per heavy atom. The van der Waals surface area contributed by atoms with Gasteiger partial charge >= 0.3 is 6.18 Å². The van der Waals surface area contributed by atoms with Crippen LogP contribution < -0.4 is 11.1 Å². The molecule has 0 spiro atoms. The molecule has 0 saturated heterocycles. The van der Waals surface area contributed by atoms with E-state index >= 15 is 0 Å². The van der Waals surface area contributed by atoms with Crippen LogP contribution >= 0.6 is 0 Å². The van der Waals surface area contributed by atoms with Gasteiger partial charge in [0.1, 0.15) is 11.6 Å². The molecule has 33 heavy (non-hydrogen) atoms. The number of ether oxygens (including phenoxy) is 1. The van der Waals surface area contributed by atoms with Crippen molar-refractivity contribution in [3.63, 3.8) is 0 Å². The number of alkyl halides is 3. The summed E-state index contributed by atoms with van der Waals surface area (Å²) in [5.41, 5.74) is 3.80. The van der Waals surface area contributed by atoms with Gasteiger partial charge in [-0.25, -0.2) is 18.8 Å². The van der Waals surface area contributed by atoms with Gasteiger partial charge < -0.3 is 15.8 Å². The first-order chi connectivity index (χ1) is 15.5. The lowest BCUT2D eigenvalue weighted by atomic mass is 9.85. The van der Waals surface area contributed by atoms with Crippen LogP contribution in [0.3, 0.4) is 0 Å². The van der Waals surface area contributed by atoms with Crippen molar-refractivity contribution < 1.29 is 26.7 Å². The molecule has 0 aliphatic carbocycles. The van der Waals surface area contributed by atoms with E-state index in [0.717, 1.165) is 12.1 Å². The molecular weight excluding hydrogens is 447 g/mol. The number of aromatic nitrogens is 2. The molecule has 0 saturated carbocycles. The summed E-state index contributed by atoms with van der Waals surface area (Å²) in [7, 11) is 0. The van der Waals surface area contributed by atoms with E-state index in [2.05, 4.69) is 25.0 Å². The van der Waals surface area contributed by atoms with Crippen LogP contribution in [0.2, 0.25) is 0 Å². The summed E-state index contributed by atoms with van der Waals surface area (Å²) in [5, 5.41) is 12.4. The highest BCUT2D eigenvalue weighted by Crippen LogP contribution is 2.42. The van der Waals surface area contributed by atoms with Crippen LogP contribution in [0.1, 0.15) is 24.5 Å². The number of nitrogens with two attached hydrogens (primary N) is 1. The lowest BCUT2D eigenvalue weighted by Gasteiger charge is -2.36. The van der Waals surface area contributed by atoms with Gasteiger partial charge in [0.15, 0.2) is 23.6 Å². The van der Waals surface area contributed by atoms with Gasteiger partial charge in [-0.2, -0.15) is 18.4 Å². The first-order valence-electron chi connectivity index (χ1n) is 9.50. The number of halogens is 5. The molecule has 3 N–H and O–H groups in total. The molecule has 3 heterocycles. The second kappa shape index (κ2) is 7.84. The lowest BCUT2D eigenvalue weighted by molar-refractivity contribution is -0.208. The fourth-order valence-electron chi connectivity index (χ4n) is 3.62. The predicted octanol–water partition coefficient (Wildman–Crippen LogP) is 4.40. The first-order valence-corrected chi connectivity index (χ1v) is 9.50. The summed E-state index contributed by atoms with van der Waals surface area (Å²) >= 11 is 0. The number of nitrogens with zero attached hydrogens (tertiary/aromatic N) is 4. The van der Waals surface area contributed by atoms with E-state index in [0.29, 0.717) is 16.5 Å². The number of hydrogen-bond donors (Lipinski definition) is 2. The third kappa shape index (κ3) is 4.21. The van der Waals surface area contributed by atoms with Crippen LogP contribution in [-0.4, -0.2) is 28.3 Å². The summed E-state index contributed by atoms with van der Waals surface area (Å²) in [5.74, 6) is -2.49. The van der Waals surface area contributed by atoms with Crippen LogP contribution in [0.4, 0.5) is 33.5 Å². The van der Waals surface area contributed by atoms with Gasteiger partial charge in [-0.05, 0) is 25.1 Å². The van der Waals surface area contributed by atoms with E-state index < -0.39 is 47.5 Å². The number of nitriles is 1. The summed E-state index contributed by atoms with van der Waals surface area (Å²) in [6.07, 6.45) is -5.18. The third-order valence-electron chi connectivity index (χ3n) is 5.17. The molecule has 0 fully saturated rings. The van der Waals surface area contributed by atoms with E-state index in [1.165, 1.54) is 19.3 Å². The standard InChI is InChI=1S/C21H15F5N6O/c1-20(7-15(21(24,25)26)33-19(28)32-20)13-5-12(6-14(22)16(13)23)31-18-17-11(2-3-29-18)4-10(8-27)9-30-17/h2-6,9,15H,7H2,1H3,(H2,28,32)(H,29,31). The van der Waals surface area contributed by atoms with E-state index in [9.17, 15) is 22.0 Å². The summed E-state index contributed by atoms with van der Waals surface area (Å²) in [6.45, 7) is 1.21. The fourth-order valence-corrected chi connectivity index (χ4v) is 3.62. The average molecular weight is 462 g/mol. The lowest BCUT2D eigenvalue weighted by Crippen LogP contribution is -2.46. The molecule has 0 radical (unpaired) electrons. The molecule has 1 aromatic carbocycles. The molecular formula is C21H15F5N6O. The number of anilines is 2. The Kier molecular flexibility index (Phi) is 5.27. The van der Waals surface area contributed by atoms with Crippen molar-refractivity contribution in [1.29, 1.82) is 5.26 Å². The number of nitrogens with one attached hydrogen (secondary N) is 1. The van der Waals surface area contributed by atoms with Crippen LogP contribution in [-0.2, 0) is 10.3 Å². The molecule has 4 rings (SSSR count). The number of fused-ring (bicyclic) bond motifs is 1.